The average Bonchev–Trinajstić information content (AvgIpc) is 2.77. The number of thioether (sulfide) groups is 1. The minimum absolute atomic E-state index is 0.495. The summed E-state index contributed by atoms with van der Waals surface area (Å²) in [5.41, 5.74) is 12.0. The fraction of sp³-hybridized carbons (Fsp3) is 0.217. The van der Waals surface area contributed by atoms with E-state index in [2.05, 4.69) is 24.3 Å². The first-order valence-corrected chi connectivity index (χ1v) is 10.5. The summed E-state index contributed by atoms with van der Waals surface area (Å²) in [6.45, 7) is 0.712. The monoisotopic (exact) mass is 404 g/mol. The van der Waals surface area contributed by atoms with Gasteiger partial charge in [0.2, 0.25) is 0 Å². The zero-order chi connectivity index (χ0) is 20.5. The molecule has 0 unspecified atom stereocenters. The first kappa shape index (κ1) is 19.2. The van der Waals surface area contributed by atoms with Gasteiger partial charge in [-0.05, 0) is 47.7 Å². The van der Waals surface area contributed by atoms with Crippen LogP contribution in [-0.2, 0) is 13.0 Å². The van der Waals surface area contributed by atoms with Crippen molar-refractivity contribution in [3.8, 4) is 40.0 Å². The third-order valence-electron chi connectivity index (χ3n) is 5.39. The van der Waals surface area contributed by atoms with Crippen LogP contribution in [0.2, 0.25) is 0 Å². The number of benzene rings is 2. The van der Waals surface area contributed by atoms with Gasteiger partial charge in [0.1, 0.15) is 17.3 Å². The SMILES string of the molecule is COc1cc2c(cc1OC)-c1cc(-c3ccc(SC)cc3)c(C#N)c(N)[n+]1CC2. The van der Waals surface area contributed by atoms with E-state index in [4.69, 9.17) is 15.2 Å². The van der Waals surface area contributed by atoms with Gasteiger partial charge in [-0.1, -0.05) is 12.1 Å². The van der Waals surface area contributed by atoms with E-state index in [-0.39, 0.29) is 0 Å². The molecule has 0 aliphatic carbocycles. The number of methoxy groups -OCH3 is 2. The van der Waals surface area contributed by atoms with Crippen LogP contribution in [0.15, 0.2) is 47.4 Å². The second-order valence-electron chi connectivity index (χ2n) is 6.81. The number of ether oxygens (including phenoxy) is 2. The van der Waals surface area contributed by atoms with Crippen LogP contribution in [0.1, 0.15) is 11.1 Å². The van der Waals surface area contributed by atoms with Crippen molar-refractivity contribution in [3.63, 3.8) is 0 Å². The van der Waals surface area contributed by atoms with Gasteiger partial charge in [0, 0.05) is 22.4 Å². The summed E-state index contributed by atoms with van der Waals surface area (Å²) >= 11 is 1.69. The van der Waals surface area contributed by atoms with Crippen LogP contribution in [-0.4, -0.2) is 20.5 Å². The molecular weight excluding hydrogens is 382 g/mol. The van der Waals surface area contributed by atoms with Gasteiger partial charge in [-0.3, -0.25) is 5.73 Å². The van der Waals surface area contributed by atoms with Gasteiger partial charge < -0.3 is 9.47 Å². The molecule has 3 aromatic rings. The van der Waals surface area contributed by atoms with Gasteiger partial charge >= 0.3 is 0 Å². The minimum Gasteiger partial charge on any atom is -0.493 e. The second kappa shape index (κ2) is 7.69. The molecular formula is C23H22N3O2S+. The second-order valence-corrected chi connectivity index (χ2v) is 7.69. The molecule has 4 rings (SSSR count). The standard InChI is InChI=1S/C23H21N3O2S/c1-27-21-10-15-8-9-26-20(18(15)12-22(21)28-2)11-17(19(13-24)23(26)25)14-4-6-16(29-3)7-5-14/h4-7,10-12,25H,8-9H2,1-3H3/p+1. The van der Waals surface area contributed by atoms with E-state index < -0.39 is 0 Å². The lowest BCUT2D eigenvalue weighted by atomic mass is 9.92. The van der Waals surface area contributed by atoms with Crippen LogP contribution in [0.3, 0.4) is 0 Å². The normalized spacial score (nSPS) is 11.9. The number of nitrogens with zero attached hydrogens (tertiary/aromatic N) is 2. The maximum atomic E-state index is 9.82. The van der Waals surface area contributed by atoms with Crippen molar-refractivity contribution in [2.24, 2.45) is 0 Å². The van der Waals surface area contributed by atoms with E-state index in [9.17, 15) is 5.26 Å². The lowest BCUT2D eigenvalue weighted by Crippen LogP contribution is -2.44. The summed E-state index contributed by atoms with van der Waals surface area (Å²) in [5.74, 6) is 1.89. The summed E-state index contributed by atoms with van der Waals surface area (Å²) < 4.78 is 13.0. The Morgan fingerprint density at radius 1 is 1.03 bits per heavy atom. The van der Waals surface area contributed by atoms with E-state index in [1.807, 2.05) is 35.1 Å². The summed E-state index contributed by atoms with van der Waals surface area (Å²) in [6, 6.07) is 16.6. The fourth-order valence-corrected chi connectivity index (χ4v) is 4.28. The number of hydrogen-bond acceptors (Lipinski definition) is 5. The van der Waals surface area contributed by atoms with Crippen molar-refractivity contribution in [1.29, 1.82) is 5.26 Å². The molecule has 0 spiro atoms. The third-order valence-corrected chi connectivity index (χ3v) is 6.13. The lowest BCUT2D eigenvalue weighted by molar-refractivity contribution is -0.673. The van der Waals surface area contributed by atoms with Crippen LogP contribution in [0.4, 0.5) is 5.82 Å². The number of rotatable bonds is 4. The van der Waals surface area contributed by atoms with E-state index in [1.165, 1.54) is 10.5 Å². The fourth-order valence-electron chi connectivity index (χ4n) is 3.87. The number of fused-ring (bicyclic) bond motifs is 3. The predicted octanol–water partition coefficient (Wildman–Crippen LogP) is 4.06. The Morgan fingerprint density at radius 3 is 2.34 bits per heavy atom. The van der Waals surface area contributed by atoms with Gasteiger partial charge in [-0.25, -0.2) is 4.57 Å². The molecule has 146 valence electrons. The zero-order valence-corrected chi connectivity index (χ0v) is 17.5. The Kier molecular flexibility index (Phi) is 5.08. The number of aromatic nitrogens is 1. The Bertz CT molecular complexity index is 1130. The smallest absolute Gasteiger partial charge is 0.291 e. The molecule has 1 aliphatic heterocycles. The molecule has 0 saturated heterocycles. The maximum Gasteiger partial charge on any atom is 0.291 e. The van der Waals surface area contributed by atoms with E-state index in [1.54, 1.807) is 26.0 Å². The Hall–Kier alpha value is -3.17. The Balaban J connectivity index is 1.96. The molecule has 5 nitrogen and oxygen atoms in total. The van der Waals surface area contributed by atoms with Crippen molar-refractivity contribution in [2.45, 2.75) is 17.9 Å². The van der Waals surface area contributed by atoms with Crippen LogP contribution in [0.25, 0.3) is 22.4 Å². The van der Waals surface area contributed by atoms with Crippen LogP contribution in [0, 0.1) is 11.3 Å². The molecule has 0 atom stereocenters. The van der Waals surface area contributed by atoms with E-state index >= 15 is 0 Å². The van der Waals surface area contributed by atoms with Gasteiger partial charge in [-0.2, -0.15) is 5.26 Å². The number of nitriles is 1. The highest BCUT2D eigenvalue weighted by molar-refractivity contribution is 7.98. The lowest BCUT2D eigenvalue weighted by Gasteiger charge is -2.22. The minimum atomic E-state index is 0.495. The van der Waals surface area contributed by atoms with Crippen molar-refractivity contribution < 1.29 is 14.0 Å². The van der Waals surface area contributed by atoms with E-state index in [0.717, 1.165) is 28.8 Å². The van der Waals surface area contributed by atoms with Gasteiger partial charge in [0.25, 0.3) is 5.82 Å². The number of aryl methyl sites for hydroxylation is 1. The molecule has 0 bridgehead atoms. The average molecular weight is 405 g/mol. The number of anilines is 1. The van der Waals surface area contributed by atoms with Crippen molar-refractivity contribution in [2.75, 3.05) is 26.2 Å². The Morgan fingerprint density at radius 2 is 1.72 bits per heavy atom. The van der Waals surface area contributed by atoms with E-state index in [0.29, 0.717) is 29.4 Å². The van der Waals surface area contributed by atoms with Crippen molar-refractivity contribution in [1.82, 2.24) is 0 Å². The molecule has 0 saturated carbocycles. The largest absolute Gasteiger partial charge is 0.493 e. The number of nitrogen functional groups attached to an aromatic ring is 1. The quantitative estimate of drug-likeness (QED) is 0.524. The third kappa shape index (κ3) is 3.18. The molecule has 1 aromatic heterocycles. The summed E-state index contributed by atoms with van der Waals surface area (Å²) in [7, 11) is 3.27. The van der Waals surface area contributed by atoms with Crippen molar-refractivity contribution >= 4 is 17.6 Å². The van der Waals surface area contributed by atoms with Crippen LogP contribution >= 0.6 is 11.8 Å². The zero-order valence-electron chi connectivity index (χ0n) is 16.7. The predicted molar refractivity (Wildman–Crippen MR) is 115 cm³/mol. The van der Waals surface area contributed by atoms with Crippen molar-refractivity contribution in [3.05, 3.63) is 53.6 Å². The first-order valence-electron chi connectivity index (χ1n) is 9.27. The number of pyridine rings is 1. The molecule has 0 amide bonds. The molecule has 0 fully saturated rings. The Labute approximate surface area is 174 Å². The first-order chi connectivity index (χ1) is 14.1. The summed E-state index contributed by atoms with van der Waals surface area (Å²) in [6.07, 6.45) is 2.85. The van der Waals surface area contributed by atoms with Gasteiger partial charge in [0.05, 0.1) is 20.8 Å². The molecule has 0 radical (unpaired) electrons. The van der Waals surface area contributed by atoms with Gasteiger partial charge in [-0.15, -0.1) is 11.8 Å². The molecule has 1 aliphatic rings. The topological polar surface area (TPSA) is 72.1 Å². The maximum absolute atomic E-state index is 9.82. The molecule has 6 heteroatoms. The van der Waals surface area contributed by atoms with Gasteiger partial charge in [0.15, 0.2) is 11.5 Å². The number of nitrogens with two attached hydrogens (primary N) is 1. The summed E-state index contributed by atoms with van der Waals surface area (Å²) in [4.78, 5) is 1.18. The molecule has 2 N–H and O–H groups in total. The molecule has 29 heavy (non-hydrogen) atoms. The van der Waals surface area contributed by atoms with Crippen LogP contribution in [0.5, 0.6) is 11.5 Å². The van der Waals surface area contributed by atoms with Crippen LogP contribution < -0.4 is 19.8 Å². The summed E-state index contributed by atoms with van der Waals surface area (Å²) in [5, 5.41) is 9.82. The highest BCUT2D eigenvalue weighted by atomic mass is 32.2. The molecule has 2 aromatic carbocycles. The molecule has 2 heterocycles. The highest BCUT2D eigenvalue weighted by Crippen LogP contribution is 2.39. The number of hydrogen-bond donors (Lipinski definition) is 1. The highest BCUT2D eigenvalue weighted by Gasteiger charge is 2.28.